The van der Waals surface area contributed by atoms with E-state index in [9.17, 15) is 14.7 Å². The summed E-state index contributed by atoms with van der Waals surface area (Å²) in [6.07, 6.45) is 1.43. The summed E-state index contributed by atoms with van der Waals surface area (Å²) in [6.45, 7) is 7.63. The first-order valence-corrected chi connectivity index (χ1v) is 12.5. The molecule has 192 valence electrons. The van der Waals surface area contributed by atoms with Crippen LogP contribution < -0.4 is 14.5 Å². The Kier molecular flexibility index (Phi) is 6.76. The molecular formula is C29H31N3O5. The number of aliphatic hydroxyl groups excluding tert-OH is 1. The smallest absolute Gasteiger partial charge is 0.300 e. The van der Waals surface area contributed by atoms with Crippen LogP contribution in [0.1, 0.15) is 31.2 Å². The van der Waals surface area contributed by atoms with E-state index in [0.29, 0.717) is 22.8 Å². The highest BCUT2D eigenvalue weighted by molar-refractivity contribution is 6.51. The molecule has 3 heterocycles. The number of aliphatic hydroxyl groups is 1. The van der Waals surface area contributed by atoms with Crippen LogP contribution in [0.5, 0.6) is 5.75 Å². The Balaban J connectivity index is 1.53. The zero-order chi connectivity index (χ0) is 26.1. The first-order chi connectivity index (χ1) is 17.8. The number of amides is 1. The number of carbonyl (C=O) groups excluding carboxylic acids is 2. The quantitative estimate of drug-likeness (QED) is 0.304. The largest absolute Gasteiger partial charge is 0.507 e. The molecule has 1 atom stereocenters. The van der Waals surface area contributed by atoms with Gasteiger partial charge in [0.2, 0.25) is 0 Å². The number of ether oxygens (including phenoxy) is 1. The number of rotatable bonds is 6. The number of likely N-dealkylation sites (N-methyl/N-ethyl adjacent to an activating group) is 1. The van der Waals surface area contributed by atoms with Gasteiger partial charge in [0.25, 0.3) is 11.7 Å². The van der Waals surface area contributed by atoms with E-state index in [2.05, 4.69) is 16.8 Å². The van der Waals surface area contributed by atoms with Gasteiger partial charge in [-0.05, 0) is 69.4 Å². The Hall–Kier alpha value is -4.04. The zero-order valence-electron chi connectivity index (χ0n) is 21.3. The van der Waals surface area contributed by atoms with Gasteiger partial charge in [0, 0.05) is 43.1 Å². The first kappa shape index (κ1) is 24.6. The fraction of sp³-hybridized carbons (Fsp3) is 0.310. The molecule has 1 amide bonds. The predicted octanol–water partition coefficient (Wildman–Crippen LogP) is 4.44. The second-order valence-corrected chi connectivity index (χ2v) is 9.69. The van der Waals surface area contributed by atoms with Gasteiger partial charge in [-0.25, -0.2) is 0 Å². The fourth-order valence-corrected chi connectivity index (χ4v) is 4.85. The second-order valence-electron chi connectivity index (χ2n) is 9.69. The van der Waals surface area contributed by atoms with Crippen molar-refractivity contribution >= 4 is 28.8 Å². The summed E-state index contributed by atoms with van der Waals surface area (Å²) in [7, 11) is 2.11. The molecule has 2 aliphatic rings. The minimum atomic E-state index is -0.904. The van der Waals surface area contributed by atoms with Crippen LogP contribution in [-0.2, 0) is 9.59 Å². The third-order valence-electron chi connectivity index (χ3n) is 6.73. The molecule has 0 bridgehead atoms. The van der Waals surface area contributed by atoms with Crippen molar-refractivity contribution in [1.82, 2.24) is 4.90 Å². The number of ketones is 1. The number of Topliss-reactive ketones (excluding diaryl/α,β-unsaturated/α-hetero) is 1. The van der Waals surface area contributed by atoms with Gasteiger partial charge in [-0.15, -0.1) is 0 Å². The van der Waals surface area contributed by atoms with Gasteiger partial charge in [0.05, 0.1) is 17.9 Å². The molecule has 1 unspecified atom stereocenters. The number of benzene rings is 2. The third-order valence-corrected chi connectivity index (χ3v) is 6.73. The summed E-state index contributed by atoms with van der Waals surface area (Å²) in [5, 5.41) is 11.3. The number of furan rings is 1. The van der Waals surface area contributed by atoms with Crippen molar-refractivity contribution in [2.24, 2.45) is 0 Å². The summed E-state index contributed by atoms with van der Waals surface area (Å²) in [6, 6.07) is 17.0. The van der Waals surface area contributed by atoms with Gasteiger partial charge in [0.15, 0.2) is 0 Å². The number of hydrogen-bond donors (Lipinski definition) is 1. The minimum absolute atomic E-state index is 0.0233. The summed E-state index contributed by atoms with van der Waals surface area (Å²) in [4.78, 5) is 32.7. The summed E-state index contributed by atoms with van der Waals surface area (Å²) >= 11 is 0. The molecule has 8 nitrogen and oxygen atoms in total. The second kappa shape index (κ2) is 10.1. The van der Waals surface area contributed by atoms with E-state index >= 15 is 0 Å². The van der Waals surface area contributed by atoms with Gasteiger partial charge in [-0.1, -0.05) is 12.1 Å². The molecule has 37 heavy (non-hydrogen) atoms. The molecular weight excluding hydrogens is 470 g/mol. The Morgan fingerprint density at radius 1 is 0.973 bits per heavy atom. The van der Waals surface area contributed by atoms with E-state index in [1.807, 2.05) is 38.1 Å². The molecule has 3 aromatic rings. The van der Waals surface area contributed by atoms with E-state index < -0.39 is 17.7 Å². The van der Waals surface area contributed by atoms with E-state index in [-0.39, 0.29) is 17.4 Å². The summed E-state index contributed by atoms with van der Waals surface area (Å²) < 4.78 is 11.4. The van der Waals surface area contributed by atoms with Crippen molar-refractivity contribution in [1.29, 1.82) is 0 Å². The standard InChI is InChI=1S/C29H31N3O5/c1-19(2)37-23-7-4-6-20(18-23)27(33)25-26(24-8-5-17-36-24)32(29(35)28(25)34)22-11-9-21(10-12-22)31-15-13-30(3)14-16-31/h4-12,17-19,26,33H,13-16H2,1-3H3/b27-25-. The number of nitrogens with zero attached hydrogens (tertiary/aromatic N) is 3. The fourth-order valence-electron chi connectivity index (χ4n) is 4.85. The van der Waals surface area contributed by atoms with Gasteiger partial charge >= 0.3 is 0 Å². The molecule has 1 aromatic heterocycles. The van der Waals surface area contributed by atoms with Gasteiger partial charge in [-0.3, -0.25) is 14.5 Å². The lowest BCUT2D eigenvalue weighted by atomic mass is 9.99. The molecule has 2 saturated heterocycles. The van der Waals surface area contributed by atoms with Crippen LogP contribution in [0, 0.1) is 0 Å². The van der Waals surface area contributed by atoms with Crippen molar-refractivity contribution in [2.45, 2.75) is 26.0 Å². The molecule has 0 aliphatic carbocycles. The maximum Gasteiger partial charge on any atom is 0.300 e. The lowest BCUT2D eigenvalue weighted by Crippen LogP contribution is -2.44. The average Bonchev–Trinajstić information content (AvgIpc) is 3.51. The van der Waals surface area contributed by atoms with E-state index in [0.717, 1.165) is 31.9 Å². The highest BCUT2D eigenvalue weighted by atomic mass is 16.5. The van der Waals surface area contributed by atoms with Crippen LogP contribution in [0.3, 0.4) is 0 Å². The molecule has 2 fully saturated rings. The highest BCUT2D eigenvalue weighted by Crippen LogP contribution is 2.42. The van der Waals surface area contributed by atoms with Crippen molar-refractivity contribution < 1.29 is 23.8 Å². The number of carbonyl (C=O) groups is 2. The first-order valence-electron chi connectivity index (χ1n) is 12.5. The summed E-state index contributed by atoms with van der Waals surface area (Å²) in [5.41, 5.74) is 1.98. The van der Waals surface area contributed by atoms with Crippen LogP contribution in [0.4, 0.5) is 11.4 Å². The molecule has 2 aliphatic heterocycles. The molecule has 2 aromatic carbocycles. The molecule has 8 heteroatoms. The minimum Gasteiger partial charge on any atom is -0.507 e. The normalized spacial score (nSPS) is 20.2. The zero-order valence-corrected chi connectivity index (χ0v) is 21.3. The van der Waals surface area contributed by atoms with Gasteiger partial charge < -0.3 is 24.1 Å². The topological polar surface area (TPSA) is 86.5 Å². The molecule has 0 saturated carbocycles. The molecule has 5 rings (SSSR count). The number of anilines is 2. The van der Waals surface area contributed by atoms with E-state index in [4.69, 9.17) is 9.15 Å². The van der Waals surface area contributed by atoms with Crippen molar-refractivity contribution in [3.05, 3.63) is 83.8 Å². The Morgan fingerprint density at radius 3 is 2.32 bits per heavy atom. The van der Waals surface area contributed by atoms with Crippen molar-refractivity contribution in [3.8, 4) is 5.75 Å². The third kappa shape index (κ3) is 4.84. The van der Waals surface area contributed by atoms with Gasteiger partial charge in [-0.2, -0.15) is 0 Å². The number of piperazine rings is 1. The molecule has 1 N–H and O–H groups in total. The maximum absolute atomic E-state index is 13.3. The average molecular weight is 502 g/mol. The monoisotopic (exact) mass is 501 g/mol. The Morgan fingerprint density at radius 2 is 1.68 bits per heavy atom. The summed E-state index contributed by atoms with van der Waals surface area (Å²) in [5.74, 6) is -0.812. The lowest BCUT2D eigenvalue weighted by molar-refractivity contribution is -0.132. The van der Waals surface area contributed by atoms with Gasteiger partial charge in [0.1, 0.15) is 23.3 Å². The van der Waals surface area contributed by atoms with Crippen LogP contribution in [0.15, 0.2) is 76.9 Å². The van der Waals surface area contributed by atoms with Crippen molar-refractivity contribution in [2.75, 3.05) is 43.0 Å². The number of hydrogen-bond acceptors (Lipinski definition) is 7. The van der Waals surface area contributed by atoms with Crippen LogP contribution in [-0.4, -0.2) is 61.0 Å². The SMILES string of the molecule is CC(C)Oc1cccc(/C(O)=C2/C(=O)C(=O)N(c3ccc(N4CCN(C)CC4)cc3)C2c2ccco2)c1. The predicted molar refractivity (Wildman–Crippen MR) is 142 cm³/mol. The van der Waals surface area contributed by atoms with E-state index in [1.165, 1.54) is 11.2 Å². The van der Waals surface area contributed by atoms with E-state index in [1.54, 1.807) is 36.4 Å². The van der Waals surface area contributed by atoms with Crippen LogP contribution >= 0.6 is 0 Å². The Bertz CT molecular complexity index is 1310. The Labute approximate surface area is 216 Å². The van der Waals surface area contributed by atoms with Crippen LogP contribution in [0.2, 0.25) is 0 Å². The molecule has 0 spiro atoms. The highest BCUT2D eigenvalue weighted by Gasteiger charge is 2.48. The van der Waals surface area contributed by atoms with Crippen molar-refractivity contribution in [3.63, 3.8) is 0 Å². The maximum atomic E-state index is 13.3. The van der Waals surface area contributed by atoms with Crippen LogP contribution in [0.25, 0.3) is 5.76 Å². The lowest BCUT2D eigenvalue weighted by Gasteiger charge is -2.34. The molecule has 0 radical (unpaired) electrons.